The van der Waals surface area contributed by atoms with Crippen molar-refractivity contribution >= 4 is 15.9 Å². The Kier molecular flexibility index (Phi) is 6.75. The van der Waals surface area contributed by atoms with Gasteiger partial charge in [-0.05, 0) is 35.5 Å². The van der Waals surface area contributed by atoms with E-state index < -0.39 is 0 Å². The van der Waals surface area contributed by atoms with Gasteiger partial charge in [0.15, 0.2) is 0 Å². The first-order valence-corrected chi connectivity index (χ1v) is 7.11. The van der Waals surface area contributed by atoms with Crippen molar-refractivity contribution in [2.24, 2.45) is 0 Å². The Labute approximate surface area is 112 Å². The van der Waals surface area contributed by atoms with Crippen LogP contribution in [0.3, 0.4) is 0 Å². The second-order valence-corrected chi connectivity index (χ2v) is 5.19. The zero-order valence-electron chi connectivity index (χ0n) is 10.6. The first-order valence-electron chi connectivity index (χ1n) is 6.31. The summed E-state index contributed by atoms with van der Waals surface area (Å²) in [4.78, 5) is 0. The van der Waals surface area contributed by atoms with Gasteiger partial charge in [-0.3, -0.25) is 0 Å². The highest BCUT2D eigenvalue weighted by Gasteiger charge is 2.15. The lowest BCUT2D eigenvalue weighted by Gasteiger charge is -2.17. The van der Waals surface area contributed by atoms with Crippen LogP contribution in [0.1, 0.15) is 50.6 Å². The van der Waals surface area contributed by atoms with Crippen LogP contribution in [0, 0.1) is 5.82 Å². The van der Waals surface area contributed by atoms with Crippen LogP contribution >= 0.6 is 15.9 Å². The monoisotopic (exact) mass is 301 g/mol. The maximum absolute atomic E-state index is 13.9. The Morgan fingerprint density at radius 2 is 2.06 bits per heavy atom. The quantitative estimate of drug-likeness (QED) is 0.712. The highest BCUT2D eigenvalue weighted by Crippen LogP contribution is 2.26. The number of unbranched alkanes of at least 4 members (excludes halogenated alkanes) is 3. The van der Waals surface area contributed by atoms with Gasteiger partial charge in [0.25, 0.3) is 0 Å². The average molecular weight is 302 g/mol. The summed E-state index contributed by atoms with van der Waals surface area (Å²) in [6.07, 6.45) is 5.85. The minimum Gasteiger partial charge on any atom is -0.313 e. The van der Waals surface area contributed by atoms with Gasteiger partial charge in [0.05, 0.1) is 4.47 Å². The van der Waals surface area contributed by atoms with E-state index in [9.17, 15) is 4.39 Å². The molecule has 0 aliphatic carbocycles. The third-order valence-electron chi connectivity index (χ3n) is 3.05. The Bertz CT molecular complexity index is 341. The van der Waals surface area contributed by atoms with Gasteiger partial charge >= 0.3 is 0 Å². The Morgan fingerprint density at radius 1 is 1.29 bits per heavy atom. The molecule has 1 atom stereocenters. The molecule has 0 aliphatic rings. The summed E-state index contributed by atoms with van der Waals surface area (Å²) in [6, 6.07) is 5.60. The van der Waals surface area contributed by atoms with Gasteiger partial charge < -0.3 is 5.32 Å². The van der Waals surface area contributed by atoms with Gasteiger partial charge in [-0.2, -0.15) is 0 Å². The Balaban J connectivity index is 2.63. The molecule has 1 N–H and O–H groups in total. The number of halogens is 2. The van der Waals surface area contributed by atoms with Crippen LogP contribution in [-0.4, -0.2) is 7.05 Å². The van der Waals surface area contributed by atoms with Crippen molar-refractivity contribution in [3.63, 3.8) is 0 Å². The second-order valence-electron chi connectivity index (χ2n) is 4.33. The molecule has 0 saturated carbocycles. The highest BCUT2D eigenvalue weighted by atomic mass is 79.9. The molecule has 0 aliphatic heterocycles. The molecular formula is C14H21BrFN. The van der Waals surface area contributed by atoms with E-state index in [1.165, 1.54) is 19.3 Å². The first kappa shape index (κ1) is 14.7. The molecule has 96 valence electrons. The minimum atomic E-state index is -0.137. The van der Waals surface area contributed by atoms with E-state index in [-0.39, 0.29) is 11.9 Å². The smallest absolute Gasteiger partial charge is 0.142 e. The van der Waals surface area contributed by atoms with Crippen molar-refractivity contribution in [1.82, 2.24) is 5.32 Å². The zero-order valence-corrected chi connectivity index (χ0v) is 12.2. The van der Waals surface area contributed by atoms with Crippen molar-refractivity contribution in [2.45, 2.75) is 45.1 Å². The molecule has 17 heavy (non-hydrogen) atoms. The maximum atomic E-state index is 13.9. The van der Waals surface area contributed by atoms with Gasteiger partial charge in [0.2, 0.25) is 0 Å². The normalized spacial score (nSPS) is 12.7. The van der Waals surface area contributed by atoms with Gasteiger partial charge in [-0.1, -0.05) is 44.7 Å². The molecule has 0 radical (unpaired) electrons. The van der Waals surface area contributed by atoms with Crippen molar-refractivity contribution in [1.29, 1.82) is 0 Å². The molecule has 1 aromatic rings. The van der Waals surface area contributed by atoms with E-state index in [2.05, 4.69) is 28.2 Å². The fourth-order valence-electron chi connectivity index (χ4n) is 2.02. The summed E-state index contributed by atoms with van der Waals surface area (Å²) in [6.45, 7) is 2.20. The summed E-state index contributed by atoms with van der Waals surface area (Å²) in [5.74, 6) is -0.137. The highest BCUT2D eigenvalue weighted by molar-refractivity contribution is 9.10. The number of benzene rings is 1. The van der Waals surface area contributed by atoms with Gasteiger partial charge in [-0.15, -0.1) is 0 Å². The fourth-order valence-corrected chi connectivity index (χ4v) is 2.40. The second kappa shape index (κ2) is 7.83. The molecule has 0 saturated heterocycles. The standard InChI is InChI=1S/C14H21BrFN/c1-3-4-5-6-10-13(17-2)11-8-7-9-12(15)14(11)16/h7-9,13,17H,3-6,10H2,1-2H3. The summed E-state index contributed by atoms with van der Waals surface area (Å²) in [5.41, 5.74) is 0.762. The van der Waals surface area contributed by atoms with Crippen LogP contribution in [-0.2, 0) is 0 Å². The van der Waals surface area contributed by atoms with Crippen LogP contribution in [0.4, 0.5) is 4.39 Å². The van der Waals surface area contributed by atoms with Crippen molar-refractivity contribution < 1.29 is 4.39 Å². The summed E-state index contributed by atoms with van der Waals surface area (Å²) in [5, 5.41) is 3.20. The predicted octanol–water partition coefficient (Wildman–Crippen LogP) is 4.82. The van der Waals surface area contributed by atoms with Crippen molar-refractivity contribution in [3.05, 3.63) is 34.1 Å². The van der Waals surface area contributed by atoms with E-state index in [0.29, 0.717) is 4.47 Å². The number of hydrogen-bond acceptors (Lipinski definition) is 1. The zero-order chi connectivity index (χ0) is 12.7. The van der Waals surface area contributed by atoms with Gasteiger partial charge in [0, 0.05) is 11.6 Å². The number of nitrogens with one attached hydrogen (secondary N) is 1. The van der Waals surface area contributed by atoms with Gasteiger partial charge in [0.1, 0.15) is 5.82 Å². The predicted molar refractivity (Wildman–Crippen MR) is 74.7 cm³/mol. The van der Waals surface area contributed by atoms with Crippen LogP contribution < -0.4 is 5.32 Å². The SMILES string of the molecule is CCCCCCC(NC)c1cccc(Br)c1F. The molecule has 0 amide bonds. The van der Waals surface area contributed by atoms with Crippen LogP contribution in [0.2, 0.25) is 0 Å². The molecule has 1 aromatic carbocycles. The summed E-state index contributed by atoms with van der Waals surface area (Å²) < 4.78 is 14.5. The van der Waals surface area contributed by atoms with Crippen molar-refractivity contribution in [3.8, 4) is 0 Å². The maximum Gasteiger partial charge on any atom is 0.142 e. The Morgan fingerprint density at radius 3 is 2.71 bits per heavy atom. The molecule has 1 unspecified atom stereocenters. The largest absolute Gasteiger partial charge is 0.313 e. The van der Waals surface area contributed by atoms with Crippen LogP contribution in [0.5, 0.6) is 0 Å². The molecule has 0 bridgehead atoms. The lowest BCUT2D eigenvalue weighted by molar-refractivity contribution is 0.479. The van der Waals surface area contributed by atoms with Crippen LogP contribution in [0.25, 0.3) is 0 Å². The molecule has 0 fully saturated rings. The molecular weight excluding hydrogens is 281 g/mol. The lowest BCUT2D eigenvalue weighted by Crippen LogP contribution is -2.17. The van der Waals surface area contributed by atoms with Crippen LogP contribution in [0.15, 0.2) is 22.7 Å². The minimum absolute atomic E-state index is 0.115. The summed E-state index contributed by atoms with van der Waals surface area (Å²) >= 11 is 3.23. The third-order valence-corrected chi connectivity index (χ3v) is 3.66. The average Bonchev–Trinajstić information content (AvgIpc) is 2.34. The fraction of sp³-hybridized carbons (Fsp3) is 0.571. The molecule has 0 spiro atoms. The molecule has 1 nitrogen and oxygen atoms in total. The lowest BCUT2D eigenvalue weighted by atomic mass is 10.00. The van der Waals surface area contributed by atoms with E-state index in [1.807, 2.05) is 19.2 Å². The molecule has 0 heterocycles. The van der Waals surface area contributed by atoms with E-state index >= 15 is 0 Å². The van der Waals surface area contributed by atoms with E-state index in [0.717, 1.165) is 18.4 Å². The Hall–Kier alpha value is -0.410. The first-order chi connectivity index (χ1) is 8.20. The third kappa shape index (κ3) is 4.40. The van der Waals surface area contributed by atoms with E-state index in [4.69, 9.17) is 0 Å². The number of rotatable bonds is 7. The molecule has 3 heteroatoms. The molecule has 0 aromatic heterocycles. The summed E-state index contributed by atoms with van der Waals surface area (Å²) in [7, 11) is 1.89. The topological polar surface area (TPSA) is 12.0 Å². The van der Waals surface area contributed by atoms with E-state index in [1.54, 1.807) is 6.07 Å². The van der Waals surface area contributed by atoms with Crippen molar-refractivity contribution in [2.75, 3.05) is 7.05 Å². The van der Waals surface area contributed by atoms with Gasteiger partial charge in [-0.25, -0.2) is 4.39 Å². The molecule has 1 rings (SSSR count). The number of hydrogen-bond donors (Lipinski definition) is 1.